The molecule has 0 aromatic heterocycles. The smallest absolute Gasteiger partial charge is 0.326 e. The van der Waals surface area contributed by atoms with Crippen LogP contribution in [0.2, 0.25) is 0 Å². The summed E-state index contributed by atoms with van der Waals surface area (Å²) in [6, 6.07) is -0.799. The molecule has 1 saturated heterocycles. The van der Waals surface area contributed by atoms with E-state index >= 15 is 0 Å². The summed E-state index contributed by atoms with van der Waals surface area (Å²) in [5.41, 5.74) is 0. The van der Waals surface area contributed by atoms with E-state index in [-0.39, 0.29) is 5.91 Å². The van der Waals surface area contributed by atoms with Gasteiger partial charge in [-0.15, -0.1) is 0 Å². The van der Waals surface area contributed by atoms with Gasteiger partial charge in [0.15, 0.2) is 0 Å². The molecule has 0 aromatic carbocycles. The first-order valence-electron chi connectivity index (χ1n) is 4.80. The Morgan fingerprint density at radius 2 is 2.36 bits per heavy atom. The molecule has 2 atom stereocenters. The Labute approximate surface area is 82.4 Å². The molecule has 5 heteroatoms. The number of hydrogen-bond acceptors (Lipinski definition) is 3. The summed E-state index contributed by atoms with van der Waals surface area (Å²) in [4.78, 5) is 22.0. The molecule has 0 aliphatic carbocycles. The van der Waals surface area contributed by atoms with Crippen molar-refractivity contribution >= 4 is 11.9 Å². The van der Waals surface area contributed by atoms with E-state index in [4.69, 9.17) is 9.84 Å². The van der Waals surface area contributed by atoms with Crippen LogP contribution in [0.5, 0.6) is 0 Å². The van der Waals surface area contributed by atoms with Crippen LogP contribution in [-0.4, -0.2) is 35.7 Å². The van der Waals surface area contributed by atoms with Gasteiger partial charge in [0.05, 0.1) is 0 Å². The zero-order chi connectivity index (χ0) is 10.6. The van der Waals surface area contributed by atoms with Gasteiger partial charge in [0.25, 0.3) is 0 Å². The first-order valence-corrected chi connectivity index (χ1v) is 4.80. The summed E-state index contributed by atoms with van der Waals surface area (Å²) in [5, 5.41) is 11.2. The number of carbonyl (C=O) groups is 2. The Morgan fingerprint density at radius 1 is 1.64 bits per heavy atom. The van der Waals surface area contributed by atoms with Crippen molar-refractivity contribution in [1.29, 1.82) is 0 Å². The third-order valence-corrected chi connectivity index (χ3v) is 2.24. The molecule has 1 unspecified atom stereocenters. The summed E-state index contributed by atoms with van der Waals surface area (Å²) < 4.78 is 5.13. The lowest BCUT2D eigenvalue weighted by Gasteiger charge is -2.15. The lowest BCUT2D eigenvalue weighted by molar-refractivity contribution is -0.143. The Hall–Kier alpha value is -1.10. The second-order valence-corrected chi connectivity index (χ2v) is 3.31. The molecule has 0 saturated carbocycles. The molecule has 1 heterocycles. The van der Waals surface area contributed by atoms with Crippen molar-refractivity contribution in [2.45, 2.75) is 38.3 Å². The number of hydrogen-bond donors (Lipinski definition) is 2. The van der Waals surface area contributed by atoms with Crippen molar-refractivity contribution in [2.75, 3.05) is 6.61 Å². The Morgan fingerprint density at radius 3 is 2.79 bits per heavy atom. The van der Waals surface area contributed by atoms with Crippen LogP contribution in [0.4, 0.5) is 0 Å². The fourth-order valence-electron chi connectivity index (χ4n) is 1.39. The molecule has 0 aromatic rings. The van der Waals surface area contributed by atoms with Crippen molar-refractivity contribution in [2.24, 2.45) is 0 Å². The Bertz CT molecular complexity index is 223. The minimum Gasteiger partial charge on any atom is -0.480 e. The summed E-state index contributed by atoms with van der Waals surface area (Å²) in [5.74, 6) is -1.31. The molecule has 1 amide bonds. The molecule has 2 N–H and O–H groups in total. The predicted octanol–water partition coefficient (Wildman–Crippen LogP) is 0.145. The normalized spacial score (nSPS) is 23.1. The van der Waals surface area contributed by atoms with Crippen LogP contribution in [0.1, 0.15) is 26.2 Å². The van der Waals surface area contributed by atoms with Gasteiger partial charge < -0.3 is 15.2 Å². The van der Waals surface area contributed by atoms with Crippen LogP contribution in [0, 0.1) is 0 Å². The van der Waals surface area contributed by atoms with Gasteiger partial charge in [0.2, 0.25) is 5.91 Å². The average molecular weight is 201 g/mol. The van der Waals surface area contributed by atoms with Gasteiger partial charge in [0, 0.05) is 6.61 Å². The molecule has 14 heavy (non-hydrogen) atoms. The number of carboxylic acid groups (broad SMARTS) is 1. The maximum absolute atomic E-state index is 11.4. The maximum atomic E-state index is 11.4. The fraction of sp³-hybridized carbons (Fsp3) is 0.778. The number of rotatable bonds is 4. The summed E-state index contributed by atoms with van der Waals surface area (Å²) in [6.07, 6.45) is 1.47. The number of carbonyl (C=O) groups excluding carboxylic acids is 1. The highest BCUT2D eigenvalue weighted by Crippen LogP contribution is 2.12. The highest BCUT2D eigenvalue weighted by Gasteiger charge is 2.27. The predicted molar refractivity (Wildman–Crippen MR) is 48.8 cm³/mol. The van der Waals surface area contributed by atoms with Crippen LogP contribution in [0.15, 0.2) is 0 Å². The van der Waals surface area contributed by atoms with E-state index in [0.717, 1.165) is 6.42 Å². The molecular formula is C9H15NO4. The Kier molecular flexibility index (Phi) is 3.88. The van der Waals surface area contributed by atoms with Crippen molar-refractivity contribution in [3.63, 3.8) is 0 Å². The van der Waals surface area contributed by atoms with Crippen molar-refractivity contribution in [1.82, 2.24) is 5.32 Å². The lowest BCUT2D eigenvalue weighted by atomic mass is 10.2. The van der Waals surface area contributed by atoms with Gasteiger partial charge in [-0.2, -0.15) is 0 Å². The Balaban J connectivity index is 2.41. The van der Waals surface area contributed by atoms with Crippen LogP contribution >= 0.6 is 0 Å². The average Bonchev–Trinajstić information content (AvgIpc) is 2.65. The van der Waals surface area contributed by atoms with Gasteiger partial charge in [0.1, 0.15) is 12.1 Å². The second kappa shape index (κ2) is 4.95. The molecule has 0 radical (unpaired) electrons. The lowest BCUT2D eigenvalue weighted by Crippen LogP contribution is -2.44. The standard InChI is InChI=1S/C9H15NO4/c1-2-6(9(12)13)10-8(11)7-4-3-5-14-7/h6-7H,2-5H2,1H3,(H,10,11)(H,12,13)/t6?,7-/m0/s1. The van der Waals surface area contributed by atoms with Crippen LogP contribution in [-0.2, 0) is 14.3 Å². The zero-order valence-electron chi connectivity index (χ0n) is 8.16. The topological polar surface area (TPSA) is 75.6 Å². The van der Waals surface area contributed by atoms with E-state index in [0.29, 0.717) is 19.4 Å². The first-order chi connectivity index (χ1) is 6.65. The molecular weight excluding hydrogens is 186 g/mol. The van der Waals surface area contributed by atoms with E-state index in [9.17, 15) is 9.59 Å². The maximum Gasteiger partial charge on any atom is 0.326 e. The molecule has 0 spiro atoms. The van der Waals surface area contributed by atoms with Crippen LogP contribution < -0.4 is 5.32 Å². The van der Waals surface area contributed by atoms with Crippen LogP contribution in [0.25, 0.3) is 0 Å². The van der Waals surface area contributed by atoms with Gasteiger partial charge >= 0.3 is 5.97 Å². The van der Waals surface area contributed by atoms with Crippen LogP contribution in [0.3, 0.4) is 0 Å². The number of carboxylic acids is 1. The van der Waals surface area contributed by atoms with Gasteiger partial charge in [-0.3, -0.25) is 4.79 Å². The number of aliphatic carboxylic acids is 1. The molecule has 1 aliphatic heterocycles. The van der Waals surface area contributed by atoms with Gasteiger partial charge in [-0.25, -0.2) is 4.79 Å². The highest BCUT2D eigenvalue weighted by atomic mass is 16.5. The summed E-state index contributed by atoms with van der Waals surface area (Å²) in [6.45, 7) is 2.30. The molecule has 80 valence electrons. The molecule has 1 rings (SSSR count). The van der Waals surface area contributed by atoms with E-state index in [2.05, 4.69) is 5.32 Å². The summed E-state index contributed by atoms with van der Waals surface area (Å²) in [7, 11) is 0. The van der Waals surface area contributed by atoms with Gasteiger partial charge in [-0.1, -0.05) is 6.92 Å². The molecule has 1 aliphatic rings. The van der Waals surface area contributed by atoms with Gasteiger partial charge in [-0.05, 0) is 19.3 Å². The minimum absolute atomic E-state index is 0.309. The van der Waals surface area contributed by atoms with Crippen molar-refractivity contribution in [3.8, 4) is 0 Å². The minimum atomic E-state index is -1.00. The number of amides is 1. The third kappa shape index (κ3) is 2.70. The SMILES string of the molecule is CCC(NC(=O)[C@@H]1CCCO1)C(=O)O. The largest absolute Gasteiger partial charge is 0.480 e. The molecule has 1 fully saturated rings. The fourth-order valence-corrected chi connectivity index (χ4v) is 1.39. The highest BCUT2D eigenvalue weighted by molar-refractivity contribution is 5.86. The summed E-state index contributed by atoms with van der Waals surface area (Å²) >= 11 is 0. The monoisotopic (exact) mass is 201 g/mol. The van der Waals surface area contributed by atoms with E-state index in [1.165, 1.54) is 0 Å². The van der Waals surface area contributed by atoms with Crippen molar-refractivity contribution < 1.29 is 19.4 Å². The van der Waals surface area contributed by atoms with Crippen molar-refractivity contribution in [3.05, 3.63) is 0 Å². The molecule has 5 nitrogen and oxygen atoms in total. The van der Waals surface area contributed by atoms with E-state index in [1.807, 2.05) is 0 Å². The number of ether oxygens (including phenoxy) is 1. The van der Waals surface area contributed by atoms with E-state index in [1.54, 1.807) is 6.92 Å². The molecule has 0 bridgehead atoms. The first kappa shape index (κ1) is 11.0. The quantitative estimate of drug-likeness (QED) is 0.678. The second-order valence-electron chi connectivity index (χ2n) is 3.31. The zero-order valence-corrected chi connectivity index (χ0v) is 8.16. The number of nitrogens with one attached hydrogen (secondary N) is 1. The third-order valence-electron chi connectivity index (χ3n) is 2.24. The van der Waals surface area contributed by atoms with E-state index < -0.39 is 18.1 Å².